The topological polar surface area (TPSA) is 50.8 Å². The summed E-state index contributed by atoms with van der Waals surface area (Å²) < 4.78 is 11.2. The van der Waals surface area contributed by atoms with Gasteiger partial charge in [0.05, 0.1) is 25.9 Å². The lowest BCUT2D eigenvalue weighted by molar-refractivity contribution is 0.0162. The SMILES string of the molecule is CCCCOc1cccc(C(=O)NCC(c2ccccc2Cl)N2CCOCC2)c1. The van der Waals surface area contributed by atoms with Gasteiger partial charge in [0.2, 0.25) is 0 Å². The molecule has 1 atom stereocenters. The normalized spacial score (nSPS) is 15.7. The van der Waals surface area contributed by atoms with Crippen molar-refractivity contribution in [3.05, 3.63) is 64.7 Å². The van der Waals surface area contributed by atoms with Crippen LogP contribution in [0.25, 0.3) is 0 Å². The molecule has 1 N–H and O–H groups in total. The molecule has 6 heteroatoms. The number of carbonyl (C=O) groups excluding carboxylic acids is 1. The molecule has 1 heterocycles. The van der Waals surface area contributed by atoms with Crippen LogP contribution in [0, 0.1) is 0 Å². The second-order valence-corrected chi connectivity index (χ2v) is 7.53. The third kappa shape index (κ3) is 6.20. The van der Waals surface area contributed by atoms with E-state index in [2.05, 4.69) is 17.1 Å². The van der Waals surface area contributed by atoms with Crippen molar-refractivity contribution >= 4 is 17.5 Å². The molecule has 2 aromatic carbocycles. The van der Waals surface area contributed by atoms with Gasteiger partial charge in [-0.2, -0.15) is 0 Å². The lowest BCUT2D eigenvalue weighted by atomic mass is 10.0. The van der Waals surface area contributed by atoms with Gasteiger partial charge in [-0.15, -0.1) is 0 Å². The number of morpholine rings is 1. The number of nitrogens with one attached hydrogen (secondary N) is 1. The zero-order valence-corrected chi connectivity index (χ0v) is 17.7. The molecular weight excluding hydrogens is 388 g/mol. The Hall–Kier alpha value is -2.08. The monoisotopic (exact) mass is 416 g/mol. The highest BCUT2D eigenvalue weighted by Gasteiger charge is 2.25. The quantitative estimate of drug-likeness (QED) is 0.618. The Morgan fingerprint density at radius 3 is 2.76 bits per heavy atom. The maximum absolute atomic E-state index is 12.8. The van der Waals surface area contributed by atoms with E-state index in [0.29, 0.717) is 37.0 Å². The number of hydrogen-bond acceptors (Lipinski definition) is 4. The first-order valence-electron chi connectivity index (χ1n) is 10.3. The molecule has 1 aliphatic heterocycles. The first-order chi connectivity index (χ1) is 14.2. The molecule has 0 aliphatic carbocycles. The Kier molecular flexibility index (Phi) is 8.35. The van der Waals surface area contributed by atoms with Gasteiger partial charge in [0.1, 0.15) is 5.75 Å². The van der Waals surface area contributed by atoms with Gasteiger partial charge in [0.25, 0.3) is 5.91 Å². The fourth-order valence-electron chi connectivity index (χ4n) is 3.42. The predicted octanol–water partition coefficient (Wildman–Crippen LogP) is 4.32. The van der Waals surface area contributed by atoms with Gasteiger partial charge in [0, 0.05) is 30.2 Å². The predicted molar refractivity (Wildman–Crippen MR) is 116 cm³/mol. The van der Waals surface area contributed by atoms with Crippen molar-refractivity contribution in [1.82, 2.24) is 10.2 Å². The number of nitrogens with zero attached hydrogens (tertiary/aromatic N) is 1. The van der Waals surface area contributed by atoms with Crippen molar-refractivity contribution in [3.8, 4) is 5.75 Å². The molecule has 0 saturated carbocycles. The van der Waals surface area contributed by atoms with Crippen LogP contribution in [0.15, 0.2) is 48.5 Å². The van der Waals surface area contributed by atoms with Gasteiger partial charge >= 0.3 is 0 Å². The molecule has 5 nitrogen and oxygen atoms in total. The average molecular weight is 417 g/mol. The number of hydrogen-bond donors (Lipinski definition) is 1. The molecule has 156 valence electrons. The molecule has 3 rings (SSSR count). The lowest BCUT2D eigenvalue weighted by Crippen LogP contribution is -2.44. The number of unbranched alkanes of at least 4 members (excludes halogenated alkanes) is 1. The van der Waals surface area contributed by atoms with Gasteiger partial charge in [-0.05, 0) is 36.2 Å². The minimum absolute atomic E-state index is 0.000497. The van der Waals surface area contributed by atoms with Crippen LogP contribution in [0.5, 0.6) is 5.75 Å². The van der Waals surface area contributed by atoms with Gasteiger partial charge in [0.15, 0.2) is 0 Å². The largest absolute Gasteiger partial charge is 0.494 e. The summed E-state index contributed by atoms with van der Waals surface area (Å²) in [4.78, 5) is 15.1. The number of amides is 1. The Balaban J connectivity index is 1.68. The second-order valence-electron chi connectivity index (χ2n) is 7.13. The van der Waals surface area contributed by atoms with Crippen LogP contribution in [-0.2, 0) is 4.74 Å². The Morgan fingerprint density at radius 2 is 2.00 bits per heavy atom. The molecule has 0 bridgehead atoms. The number of rotatable bonds is 9. The van der Waals surface area contributed by atoms with Crippen LogP contribution in [0.1, 0.15) is 41.7 Å². The molecule has 1 aliphatic rings. The van der Waals surface area contributed by atoms with Crippen molar-refractivity contribution in [1.29, 1.82) is 0 Å². The Bertz CT molecular complexity index is 793. The number of halogens is 1. The summed E-state index contributed by atoms with van der Waals surface area (Å²) in [7, 11) is 0. The minimum atomic E-state index is -0.115. The van der Waals surface area contributed by atoms with Crippen molar-refractivity contribution in [2.45, 2.75) is 25.8 Å². The van der Waals surface area contributed by atoms with Crippen LogP contribution in [-0.4, -0.2) is 50.3 Å². The summed E-state index contributed by atoms with van der Waals surface area (Å²) in [6, 6.07) is 15.2. The standard InChI is InChI=1S/C23H29ClN2O3/c1-2-3-13-29-19-8-6-7-18(16-19)23(27)25-17-22(26-11-14-28-15-12-26)20-9-4-5-10-21(20)24/h4-10,16,22H,2-3,11-15,17H2,1H3,(H,25,27). The van der Waals surface area contributed by atoms with Crippen molar-refractivity contribution in [3.63, 3.8) is 0 Å². The van der Waals surface area contributed by atoms with Crippen LogP contribution in [0.2, 0.25) is 5.02 Å². The maximum atomic E-state index is 12.8. The van der Waals surface area contributed by atoms with E-state index in [1.165, 1.54) is 0 Å². The molecule has 0 radical (unpaired) electrons. The fourth-order valence-corrected chi connectivity index (χ4v) is 3.68. The molecule has 1 saturated heterocycles. The molecule has 29 heavy (non-hydrogen) atoms. The first-order valence-corrected chi connectivity index (χ1v) is 10.6. The smallest absolute Gasteiger partial charge is 0.251 e. The number of carbonyl (C=O) groups is 1. The van der Waals surface area contributed by atoms with Crippen molar-refractivity contribution in [2.75, 3.05) is 39.5 Å². The van der Waals surface area contributed by atoms with E-state index in [-0.39, 0.29) is 11.9 Å². The number of ether oxygens (including phenoxy) is 2. The third-order valence-corrected chi connectivity index (χ3v) is 5.41. The summed E-state index contributed by atoms with van der Waals surface area (Å²) in [6.07, 6.45) is 2.07. The fraction of sp³-hybridized carbons (Fsp3) is 0.435. The number of benzene rings is 2. The van der Waals surface area contributed by atoms with Gasteiger partial charge in [-0.3, -0.25) is 9.69 Å². The maximum Gasteiger partial charge on any atom is 0.251 e. The zero-order chi connectivity index (χ0) is 20.5. The van der Waals surface area contributed by atoms with E-state index < -0.39 is 0 Å². The summed E-state index contributed by atoms with van der Waals surface area (Å²) in [5.41, 5.74) is 1.62. The molecular formula is C23H29ClN2O3. The van der Waals surface area contributed by atoms with E-state index in [1.807, 2.05) is 36.4 Å². The van der Waals surface area contributed by atoms with Gasteiger partial charge in [-0.25, -0.2) is 0 Å². The van der Waals surface area contributed by atoms with Crippen LogP contribution in [0.3, 0.4) is 0 Å². The average Bonchev–Trinajstić information content (AvgIpc) is 2.76. The van der Waals surface area contributed by atoms with Crippen molar-refractivity contribution in [2.24, 2.45) is 0 Å². The zero-order valence-electron chi connectivity index (χ0n) is 16.9. The van der Waals surface area contributed by atoms with Crippen LogP contribution in [0.4, 0.5) is 0 Å². The minimum Gasteiger partial charge on any atom is -0.494 e. The highest BCUT2D eigenvalue weighted by Crippen LogP contribution is 2.28. The summed E-state index contributed by atoms with van der Waals surface area (Å²) in [5, 5.41) is 3.79. The third-order valence-electron chi connectivity index (χ3n) is 5.07. The highest BCUT2D eigenvalue weighted by molar-refractivity contribution is 6.31. The Labute approximate surface area is 177 Å². The second kappa shape index (κ2) is 11.2. The van der Waals surface area contributed by atoms with E-state index in [9.17, 15) is 4.79 Å². The summed E-state index contributed by atoms with van der Waals surface area (Å²) in [6.45, 7) is 6.25. The van der Waals surface area contributed by atoms with E-state index in [1.54, 1.807) is 12.1 Å². The lowest BCUT2D eigenvalue weighted by Gasteiger charge is -2.35. The molecule has 2 aromatic rings. The van der Waals surface area contributed by atoms with E-state index in [4.69, 9.17) is 21.1 Å². The summed E-state index contributed by atoms with van der Waals surface area (Å²) in [5.74, 6) is 0.609. The van der Waals surface area contributed by atoms with Gasteiger partial charge < -0.3 is 14.8 Å². The van der Waals surface area contributed by atoms with Gasteiger partial charge in [-0.1, -0.05) is 49.2 Å². The summed E-state index contributed by atoms with van der Waals surface area (Å²) >= 11 is 6.46. The van der Waals surface area contributed by atoms with Crippen LogP contribution < -0.4 is 10.1 Å². The molecule has 0 spiro atoms. The van der Waals surface area contributed by atoms with Crippen molar-refractivity contribution < 1.29 is 14.3 Å². The first kappa shape index (κ1) is 21.6. The molecule has 0 aromatic heterocycles. The van der Waals surface area contributed by atoms with Crippen LogP contribution >= 0.6 is 11.6 Å². The van der Waals surface area contributed by atoms with E-state index >= 15 is 0 Å². The molecule has 1 amide bonds. The highest BCUT2D eigenvalue weighted by atomic mass is 35.5. The molecule has 1 fully saturated rings. The van der Waals surface area contributed by atoms with E-state index in [0.717, 1.165) is 37.2 Å². The molecule has 1 unspecified atom stereocenters. The Morgan fingerprint density at radius 1 is 1.21 bits per heavy atom.